The molecule has 0 bridgehead atoms. The number of hydrogen-bond donors (Lipinski definition) is 0. The summed E-state index contributed by atoms with van der Waals surface area (Å²) in [5, 5.41) is 0. The number of nitrogens with zero attached hydrogens (tertiary/aromatic N) is 2. The lowest BCUT2D eigenvalue weighted by Crippen LogP contribution is -2.24. The van der Waals surface area contributed by atoms with E-state index in [1.165, 1.54) is 22.5 Å². The van der Waals surface area contributed by atoms with Crippen LogP contribution < -0.4 is 0 Å². The lowest BCUT2D eigenvalue weighted by atomic mass is 10.1. The Bertz CT molecular complexity index is 758. The standard InChI is InChI=1S/C20H20N2/c1-2-7-17(8-3-1)12-14-21-15-18-9-4-5-11-20(18)22-13-6-10-19(22)16-21/h1-11,13H,12,14-16H2. The molecule has 3 aromatic rings. The summed E-state index contributed by atoms with van der Waals surface area (Å²) in [5.74, 6) is 0. The average Bonchev–Trinajstić information content (AvgIpc) is 2.96. The molecule has 0 saturated carbocycles. The molecule has 2 nitrogen and oxygen atoms in total. The lowest BCUT2D eigenvalue weighted by Gasteiger charge is -2.20. The molecule has 0 spiro atoms. The van der Waals surface area contributed by atoms with Gasteiger partial charge in [0.2, 0.25) is 0 Å². The second-order valence-corrected chi connectivity index (χ2v) is 5.94. The summed E-state index contributed by atoms with van der Waals surface area (Å²) in [5.41, 5.74) is 5.52. The fourth-order valence-corrected chi connectivity index (χ4v) is 3.28. The summed E-state index contributed by atoms with van der Waals surface area (Å²) >= 11 is 0. The van der Waals surface area contributed by atoms with Crippen LogP contribution >= 0.6 is 0 Å². The second-order valence-electron chi connectivity index (χ2n) is 5.94. The molecule has 2 heteroatoms. The highest BCUT2D eigenvalue weighted by Gasteiger charge is 2.17. The van der Waals surface area contributed by atoms with Crippen LogP contribution in [0.15, 0.2) is 72.9 Å². The zero-order chi connectivity index (χ0) is 14.8. The molecule has 0 radical (unpaired) electrons. The van der Waals surface area contributed by atoms with Crippen LogP contribution in [0.5, 0.6) is 0 Å². The highest BCUT2D eigenvalue weighted by Crippen LogP contribution is 2.24. The zero-order valence-corrected chi connectivity index (χ0v) is 12.7. The summed E-state index contributed by atoms with van der Waals surface area (Å²) in [7, 11) is 0. The van der Waals surface area contributed by atoms with Crippen LogP contribution in [0.25, 0.3) is 5.69 Å². The summed E-state index contributed by atoms with van der Waals surface area (Å²) in [6.45, 7) is 3.11. The first-order valence-corrected chi connectivity index (χ1v) is 7.91. The van der Waals surface area contributed by atoms with E-state index in [-0.39, 0.29) is 0 Å². The molecular weight excluding hydrogens is 268 g/mol. The van der Waals surface area contributed by atoms with Crippen LogP contribution in [0.3, 0.4) is 0 Å². The molecule has 0 amide bonds. The van der Waals surface area contributed by atoms with Crippen molar-refractivity contribution in [3.05, 3.63) is 89.7 Å². The maximum Gasteiger partial charge on any atom is 0.0497 e. The Morgan fingerprint density at radius 2 is 1.59 bits per heavy atom. The van der Waals surface area contributed by atoms with Crippen molar-refractivity contribution >= 4 is 0 Å². The highest BCUT2D eigenvalue weighted by molar-refractivity contribution is 5.44. The van der Waals surface area contributed by atoms with E-state index in [9.17, 15) is 0 Å². The SMILES string of the molecule is c1ccc(CCN2Cc3ccccc3-n3cccc3C2)cc1. The van der Waals surface area contributed by atoms with E-state index < -0.39 is 0 Å². The Hall–Kier alpha value is -2.32. The third-order valence-electron chi connectivity index (χ3n) is 4.42. The third-order valence-corrected chi connectivity index (χ3v) is 4.42. The van der Waals surface area contributed by atoms with Crippen molar-refractivity contribution in [2.75, 3.05) is 6.54 Å². The molecule has 0 N–H and O–H groups in total. The Kier molecular flexibility index (Phi) is 3.53. The quantitative estimate of drug-likeness (QED) is 0.706. The Labute approximate surface area is 131 Å². The molecule has 110 valence electrons. The normalized spacial score (nSPS) is 14.2. The van der Waals surface area contributed by atoms with Gasteiger partial charge in [0.25, 0.3) is 0 Å². The van der Waals surface area contributed by atoms with E-state index in [0.29, 0.717) is 0 Å². The van der Waals surface area contributed by atoms with E-state index in [1.54, 1.807) is 0 Å². The average molecular weight is 288 g/mol. The molecule has 0 saturated heterocycles. The van der Waals surface area contributed by atoms with E-state index in [0.717, 1.165) is 26.1 Å². The minimum atomic E-state index is 1.01. The number of hydrogen-bond acceptors (Lipinski definition) is 1. The number of benzene rings is 2. The molecule has 0 unspecified atom stereocenters. The molecule has 2 heterocycles. The summed E-state index contributed by atoms with van der Waals surface area (Å²) in [6.07, 6.45) is 3.28. The fraction of sp³-hybridized carbons (Fsp3) is 0.200. The van der Waals surface area contributed by atoms with Crippen LogP contribution in [0.1, 0.15) is 16.8 Å². The van der Waals surface area contributed by atoms with Crippen LogP contribution in [0.4, 0.5) is 0 Å². The van der Waals surface area contributed by atoms with Crippen LogP contribution in [0.2, 0.25) is 0 Å². The van der Waals surface area contributed by atoms with Gasteiger partial charge in [0.1, 0.15) is 0 Å². The largest absolute Gasteiger partial charge is 0.319 e. The van der Waals surface area contributed by atoms with Crippen molar-refractivity contribution < 1.29 is 0 Å². The molecule has 0 atom stereocenters. The molecule has 1 aromatic heterocycles. The smallest absolute Gasteiger partial charge is 0.0497 e. The molecule has 0 fully saturated rings. The van der Waals surface area contributed by atoms with Gasteiger partial charge in [-0.1, -0.05) is 48.5 Å². The first-order valence-electron chi connectivity index (χ1n) is 7.91. The molecular formula is C20H20N2. The second kappa shape index (κ2) is 5.82. The van der Waals surface area contributed by atoms with Gasteiger partial charge in [-0.25, -0.2) is 0 Å². The maximum absolute atomic E-state index is 2.55. The van der Waals surface area contributed by atoms with Crippen LogP contribution in [0, 0.1) is 0 Å². The van der Waals surface area contributed by atoms with Gasteiger partial charge in [0.05, 0.1) is 0 Å². The van der Waals surface area contributed by atoms with Gasteiger partial charge < -0.3 is 4.57 Å². The predicted molar refractivity (Wildman–Crippen MR) is 90.0 cm³/mol. The summed E-state index contributed by atoms with van der Waals surface area (Å²) in [6, 6.07) is 23.9. The molecule has 2 aromatic carbocycles. The van der Waals surface area contributed by atoms with Crippen LogP contribution in [-0.2, 0) is 19.5 Å². The van der Waals surface area contributed by atoms with E-state index in [4.69, 9.17) is 0 Å². The van der Waals surface area contributed by atoms with Crippen molar-refractivity contribution in [3.63, 3.8) is 0 Å². The minimum Gasteiger partial charge on any atom is -0.319 e. The van der Waals surface area contributed by atoms with E-state index >= 15 is 0 Å². The highest BCUT2D eigenvalue weighted by atomic mass is 15.2. The number of para-hydroxylation sites is 1. The van der Waals surface area contributed by atoms with Gasteiger partial charge in [-0.2, -0.15) is 0 Å². The third kappa shape index (κ3) is 2.58. The summed E-state index contributed by atoms with van der Waals surface area (Å²) in [4.78, 5) is 2.55. The minimum absolute atomic E-state index is 1.01. The zero-order valence-electron chi connectivity index (χ0n) is 12.7. The first-order chi connectivity index (χ1) is 10.9. The predicted octanol–water partition coefficient (Wildman–Crippen LogP) is 4.04. The topological polar surface area (TPSA) is 8.17 Å². The Balaban J connectivity index is 1.59. The van der Waals surface area contributed by atoms with Gasteiger partial charge in [0.15, 0.2) is 0 Å². The van der Waals surface area contributed by atoms with Gasteiger partial charge in [-0.05, 0) is 35.7 Å². The maximum atomic E-state index is 2.55. The molecule has 22 heavy (non-hydrogen) atoms. The number of aromatic nitrogens is 1. The van der Waals surface area contributed by atoms with E-state index in [1.807, 2.05) is 0 Å². The molecule has 4 rings (SSSR count). The van der Waals surface area contributed by atoms with Crippen molar-refractivity contribution in [2.45, 2.75) is 19.5 Å². The van der Waals surface area contributed by atoms with Crippen LogP contribution in [-0.4, -0.2) is 16.0 Å². The molecule has 0 aliphatic carbocycles. The lowest BCUT2D eigenvalue weighted by molar-refractivity contribution is 0.261. The van der Waals surface area contributed by atoms with Gasteiger partial charge in [-0.15, -0.1) is 0 Å². The van der Waals surface area contributed by atoms with Crippen molar-refractivity contribution in [1.82, 2.24) is 9.47 Å². The first kappa shape index (κ1) is 13.4. The van der Waals surface area contributed by atoms with E-state index in [2.05, 4.69) is 82.4 Å². The van der Waals surface area contributed by atoms with Crippen molar-refractivity contribution in [2.24, 2.45) is 0 Å². The van der Waals surface area contributed by atoms with Crippen molar-refractivity contribution in [3.8, 4) is 5.69 Å². The Morgan fingerprint density at radius 1 is 0.773 bits per heavy atom. The van der Waals surface area contributed by atoms with Gasteiger partial charge in [-0.3, -0.25) is 4.90 Å². The fourth-order valence-electron chi connectivity index (χ4n) is 3.28. The monoisotopic (exact) mass is 288 g/mol. The molecule has 1 aliphatic rings. The summed E-state index contributed by atoms with van der Waals surface area (Å²) < 4.78 is 2.33. The molecule has 1 aliphatic heterocycles. The van der Waals surface area contributed by atoms with Gasteiger partial charge in [0, 0.05) is 37.2 Å². The number of rotatable bonds is 3. The Morgan fingerprint density at radius 3 is 2.50 bits per heavy atom. The van der Waals surface area contributed by atoms with Gasteiger partial charge >= 0.3 is 0 Å². The van der Waals surface area contributed by atoms with Crippen molar-refractivity contribution in [1.29, 1.82) is 0 Å². The number of fused-ring (bicyclic) bond motifs is 3.